The Morgan fingerprint density at radius 2 is 0.787 bits per heavy atom. The Balaban J connectivity index is 3.97. The van der Waals surface area contributed by atoms with Crippen LogP contribution in [0.15, 0.2) is 36.5 Å². The van der Waals surface area contributed by atoms with Crippen molar-refractivity contribution in [2.45, 2.75) is 264 Å². The van der Waals surface area contributed by atoms with E-state index in [1.54, 1.807) is 6.92 Å². The molecule has 1 N–H and O–H groups in total. The van der Waals surface area contributed by atoms with Gasteiger partial charge in [-0.2, -0.15) is 0 Å². The molecule has 0 aliphatic rings. The zero-order valence-electron chi connectivity index (χ0n) is 40.1. The van der Waals surface area contributed by atoms with E-state index in [0.717, 1.165) is 57.8 Å². The van der Waals surface area contributed by atoms with E-state index in [2.05, 4.69) is 50.3 Å². The van der Waals surface area contributed by atoms with Crippen molar-refractivity contribution in [2.75, 3.05) is 19.8 Å². The molecule has 0 spiro atoms. The monoisotopic (exact) mass is 881 g/mol. The van der Waals surface area contributed by atoms with Crippen LogP contribution in [0.3, 0.4) is 0 Å². The maximum atomic E-state index is 12.6. The fourth-order valence-electron chi connectivity index (χ4n) is 7.40. The molecule has 61 heavy (non-hydrogen) atoms. The number of phosphoric ester groups is 1. The number of phosphoric acid groups is 1. The highest BCUT2D eigenvalue weighted by molar-refractivity contribution is 7.47. The van der Waals surface area contributed by atoms with Gasteiger partial charge in [-0.25, -0.2) is 4.57 Å². The van der Waals surface area contributed by atoms with Crippen LogP contribution in [0.5, 0.6) is 0 Å². The van der Waals surface area contributed by atoms with E-state index in [1.807, 2.05) is 0 Å². The number of carbonyl (C=O) groups is 2. The summed E-state index contributed by atoms with van der Waals surface area (Å²) >= 11 is 0. The van der Waals surface area contributed by atoms with Crippen LogP contribution in [0, 0.1) is 0 Å². The predicted octanol–water partition coefficient (Wildman–Crippen LogP) is 16.7. The molecule has 0 fully saturated rings. The molecule has 0 saturated carbocycles. The summed E-state index contributed by atoms with van der Waals surface area (Å²) in [5.41, 5.74) is 0. The first-order chi connectivity index (χ1) is 29.8. The van der Waals surface area contributed by atoms with Crippen LogP contribution in [0.2, 0.25) is 0 Å². The third-order valence-electron chi connectivity index (χ3n) is 11.2. The highest BCUT2D eigenvalue weighted by atomic mass is 31.2. The molecular formula is C52H97O8P. The van der Waals surface area contributed by atoms with E-state index < -0.39 is 26.5 Å². The van der Waals surface area contributed by atoms with Gasteiger partial charge in [-0.1, -0.05) is 224 Å². The van der Waals surface area contributed by atoms with E-state index in [9.17, 15) is 19.0 Å². The van der Waals surface area contributed by atoms with Crippen molar-refractivity contribution in [1.29, 1.82) is 0 Å². The predicted molar refractivity (Wildman–Crippen MR) is 258 cm³/mol. The first-order valence-corrected chi connectivity index (χ1v) is 27.3. The molecule has 8 nitrogen and oxygen atoms in total. The maximum absolute atomic E-state index is 12.6. The molecule has 9 heteroatoms. The summed E-state index contributed by atoms with van der Waals surface area (Å²) in [5, 5.41) is 0. The second kappa shape index (κ2) is 47.7. The summed E-state index contributed by atoms with van der Waals surface area (Å²) in [6.45, 7) is 5.48. The van der Waals surface area contributed by atoms with Gasteiger partial charge < -0.3 is 14.4 Å². The fraction of sp³-hybridized carbons (Fsp3) is 0.846. The molecule has 0 bridgehead atoms. The van der Waals surface area contributed by atoms with E-state index in [1.165, 1.54) is 161 Å². The van der Waals surface area contributed by atoms with Crippen molar-refractivity contribution in [1.82, 2.24) is 0 Å². The molecule has 2 unspecified atom stereocenters. The lowest BCUT2D eigenvalue weighted by atomic mass is 10.0. The Morgan fingerprint density at radius 3 is 1.21 bits per heavy atom. The van der Waals surface area contributed by atoms with Crippen molar-refractivity contribution < 1.29 is 37.6 Å². The van der Waals surface area contributed by atoms with Gasteiger partial charge in [0.2, 0.25) is 0 Å². The first-order valence-electron chi connectivity index (χ1n) is 25.8. The van der Waals surface area contributed by atoms with Crippen LogP contribution in [-0.2, 0) is 32.7 Å². The van der Waals surface area contributed by atoms with Crippen LogP contribution in [0.25, 0.3) is 0 Å². The minimum atomic E-state index is -4.29. The molecule has 0 rings (SSSR count). The van der Waals surface area contributed by atoms with Crippen LogP contribution in [-0.4, -0.2) is 42.8 Å². The number of unbranched alkanes of at least 4 members (excludes halogenated alkanes) is 30. The summed E-state index contributed by atoms with van der Waals surface area (Å²) in [6, 6.07) is 0. The molecule has 0 aliphatic heterocycles. The van der Waals surface area contributed by atoms with Crippen molar-refractivity contribution in [3.8, 4) is 0 Å². The first kappa shape index (κ1) is 59.3. The number of hydrogen-bond donors (Lipinski definition) is 1. The Hall–Kier alpha value is -1.73. The Labute approximate surface area is 376 Å². The molecule has 0 heterocycles. The third kappa shape index (κ3) is 47.6. The van der Waals surface area contributed by atoms with Gasteiger partial charge in [0.25, 0.3) is 0 Å². The maximum Gasteiger partial charge on any atom is 0.472 e. The van der Waals surface area contributed by atoms with Gasteiger partial charge in [0, 0.05) is 12.8 Å². The third-order valence-corrected chi connectivity index (χ3v) is 12.3. The van der Waals surface area contributed by atoms with Crippen LogP contribution in [0.1, 0.15) is 258 Å². The lowest BCUT2D eigenvalue weighted by Gasteiger charge is -2.19. The van der Waals surface area contributed by atoms with Crippen molar-refractivity contribution in [3.05, 3.63) is 36.5 Å². The van der Waals surface area contributed by atoms with Gasteiger partial charge in [-0.15, -0.1) is 0 Å². The minimum absolute atomic E-state index is 0.00136. The van der Waals surface area contributed by atoms with E-state index in [-0.39, 0.29) is 25.6 Å². The number of hydrogen-bond acceptors (Lipinski definition) is 7. The van der Waals surface area contributed by atoms with Gasteiger partial charge in [0.15, 0.2) is 6.10 Å². The van der Waals surface area contributed by atoms with Gasteiger partial charge in [0.05, 0.1) is 13.2 Å². The van der Waals surface area contributed by atoms with Gasteiger partial charge >= 0.3 is 19.8 Å². The van der Waals surface area contributed by atoms with Crippen molar-refractivity contribution in [3.63, 3.8) is 0 Å². The van der Waals surface area contributed by atoms with E-state index in [4.69, 9.17) is 18.5 Å². The molecule has 0 aromatic carbocycles. The zero-order chi connectivity index (χ0) is 44.6. The van der Waals surface area contributed by atoms with Crippen LogP contribution >= 0.6 is 7.82 Å². The summed E-state index contributed by atoms with van der Waals surface area (Å²) in [5.74, 6) is -0.800. The molecular weight excluding hydrogens is 784 g/mol. The Morgan fingerprint density at radius 1 is 0.443 bits per heavy atom. The summed E-state index contributed by atoms with van der Waals surface area (Å²) in [4.78, 5) is 34.9. The number of allylic oxidation sites excluding steroid dienone is 6. The average Bonchev–Trinajstić information content (AvgIpc) is 3.24. The number of carbonyl (C=O) groups excluding carboxylic acids is 2. The standard InChI is InChI=1S/C52H97O8P/c1-4-7-9-11-13-15-17-19-21-23-25-26-27-29-30-32-34-36-38-40-42-44-46-51(53)57-48-50(49-59-61(55,56)58-6-3)60-52(54)47-45-43-41-39-37-35-33-31-28-24-22-20-18-16-14-12-10-8-5-2/h14,16,20,22,28,31,50H,4-13,15,17-19,21,23-27,29-30,32-49H2,1-3H3,(H,55,56)/b16-14-,22-20-,31-28-. The second-order valence-corrected chi connectivity index (χ2v) is 18.6. The van der Waals surface area contributed by atoms with Crippen LogP contribution < -0.4 is 0 Å². The zero-order valence-corrected chi connectivity index (χ0v) is 41.0. The lowest BCUT2D eigenvalue weighted by Crippen LogP contribution is -2.29. The average molecular weight is 881 g/mol. The Kier molecular flexibility index (Phi) is 46.4. The molecule has 358 valence electrons. The quantitative estimate of drug-likeness (QED) is 0.0279. The van der Waals surface area contributed by atoms with Gasteiger partial charge in [-0.05, 0) is 58.3 Å². The topological polar surface area (TPSA) is 108 Å². The molecule has 0 aromatic heterocycles. The Bertz CT molecular complexity index is 1090. The smallest absolute Gasteiger partial charge is 0.462 e. The highest BCUT2D eigenvalue weighted by Crippen LogP contribution is 2.43. The molecule has 0 aliphatic carbocycles. The van der Waals surface area contributed by atoms with E-state index in [0.29, 0.717) is 12.8 Å². The normalized spacial score (nSPS) is 13.4. The summed E-state index contributed by atoms with van der Waals surface area (Å²) in [7, 11) is -4.29. The molecule has 0 aromatic rings. The lowest BCUT2D eigenvalue weighted by molar-refractivity contribution is -0.161. The van der Waals surface area contributed by atoms with Crippen LogP contribution in [0.4, 0.5) is 0 Å². The second-order valence-electron chi connectivity index (χ2n) is 17.2. The number of esters is 2. The summed E-state index contributed by atoms with van der Waals surface area (Å²) < 4.78 is 32.8. The highest BCUT2D eigenvalue weighted by Gasteiger charge is 2.25. The molecule has 2 atom stereocenters. The molecule has 0 amide bonds. The van der Waals surface area contributed by atoms with Gasteiger partial charge in [-0.3, -0.25) is 18.6 Å². The van der Waals surface area contributed by atoms with Gasteiger partial charge in [0.1, 0.15) is 6.61 Å². The SMILES string of the molecule is CCCCC/C=C\C/C=C\C/C=C\CCCCCCCCC(=O)OC(COC(=O)CCCCCCCCCCCCCCCCCCCCCCCC)COP(=O)(O)OCC. The number of rotatable bonds is 48. The fourth-order valence-corrected chi connectivity index (χ4v) is 8.16. The van der Waals surface area contributed by atoms with Crippen molar-refractivity contribution >= 4 is 19.8 Å². The number of ether oxygens (including phenoxy) is 2. The summed E-state index contributed by atoms with van der Waals surface area (Å²) in [6.07, 6.45) is 56.4. The van der Waals surface area contributed by atoms with E-state index >= 15 is 0 Å². The largest absolute Gasteiger partial charge is 0.472 e. The minimum Gasteiger partial charge on any atom is -0.462 e. The molecule has 0 saturated heterocycles. The van der Waals surface area contributed by atoms with Crippen molar-refractivity contribution in [2.24, 2.45) is 0 Å². The molecule has 0 radical (unpaired) electrons.